The van der Waals surface area contributed by atoms with Crippen LogP contribution < -0.4 is 10.1 Å². The van der Waals surface area contributed by atoms with E-state index in [1.165, 1.54) is 0 Å². The van der Waals surface area contributed by atoms with Crippen molar-refractivity contribution in [2.45, 2.75) is 19.8 Å². The van der Waals surface area contributed by atoms with Gasteiger partial charge in [-0.2, -0.15) is 0 Å². The normalized spacial score (nSPS) is 15.3. The highest BCUT2D eigenvalue weighted by molar-refractivity contribution is 7.80. The van der Waals surface area contributed by atoms with Crippen LogP contribution >= 0.6 is 12.2 Å². The van der Waals surface area contributed by atoms with Crippen LogP contribution in [0, 0.1) is 5.92 Å². The number of hydrogen-bond donors (Lipinski definition) is 1. The number of amides is 1. The predicted molar refractivity (Wildman–Crippen MR) is 100 cm³/mol. The average molecular weight is 342 g/mol. The number of fused-ring (bicyclic) bond motifs is 1. The van der Waals surface area contributed by atoms with Gasteiger partial charge in [-0.05, 0) is 42.4 Å². The van der Waals surface area contributed by atoms with E-state index in [1.54, 1.807) is 0 Å². The standard InChI is InChI=1S/C19H22N2O2S/c1-14-9-11-21(12-10-14)19(24)20-18(22)13-23-17-8-4-6-15-5-2-3-7-16(15)17/h2-8,14H,9-13H2,1H3,(H,20,22,24). The van der Waals surface area contributed by atoms with E-state index in [0.717, 1.165) is 42.6 Å². The first-order chi connectivity index (χ1) is 11.6. The molecule has 5 heteroatoms. The van der Waals surface area contributed by atoms with Gasteiger partial charge in [0, 0.05) is 18.5 Å². The second-order valence-corrected chi connectivity index (χ2v) is 6.68. The van der Waals surface area contributed by atoms with Gasteiger partial charge in [0.2, 0.25) is 0 Å². The van der Waals surface area contributed by atoms with Gasteiger partial charge in [-0.1, -0.05) is 43.3 Å². The van der Waals surface area contributed by atoms with Crippen LogP contribution in [0.4, 0.5) is 0 Å². The van der Waals surface area contributed by atoms with E-state index in [2.05, 4.69) is 17.1 Å². The highest BCUT2D eigenvalue weighted by Crippen LogP contribution is 2.25. The molecule has 0 unspecified atom stereocenters. The van der Waals surface area contributed by atoms with Crippen molar-refractivity contribution in [3.8, 4) is 5.75 Å². The molecule has 1 amide bonds. The van der Waals surface area contributed by atoms with Gasteiger partial charge < -0.3 is 15.0 Å². The molecule has 1 fully saturated rings. The van der Waals surface area contributed by atoms with E-state index >= 15 is 0 Å². The number of piperidine rings is 1. The molecule has 24 heavy (non-hydrogen) atoms. The largest absolute Gasteiger partial charge is 0.483 e. The molecule has 0 spiro atoms. The van der Waals surface area contributed by atoms with Gasteiger partial charge >= 0.3 is 0 Å². The van der Waals surface area contributed by atoms with E-state index in [0.29, 0.717) is 10.9 Å². The number of ether oxygens (including phenoxy) is 1. The molecule has 0 saturated carbocycles. The maximum Gasteiger partial charge on any atom is 0.264 e. The number of carbonyl (C=O) groups excluding carboxylic acids is 1. The third kappa shape index (κ3) is 4.03. The molecule has 1 saturated heterocycles. The van der Waals surface area contributed by atoms with Crippen LogP contribution in [0.2, 0.25) is 0 Å². The topological polar surface area (TPSA) is 41.6 Å². The Labute approximate surface area is 147 Å². The minimum absolute atomic E-state index is 0.0433. The van der Waals surface area contributed by atoms with Crippen LogP contribution in [-0.4, -0.2) is 35.6 Å². The summed E-state index contributed by atoms with van der Waals surface area (Å²) in [6, 6.07) is 13.8. The van der Waals surface area contributed by atoms with E-state index in [9.17, 15) is 4.79 Å². The number of rotatable bonds is 3. The zero-order chi connectivity index (χ0) is 16.9. The maximum absolute atomic E-state index is 12.1. The second kappa shape index (κ2) is 7.62. The van der Waals surface area contributed by atoms with Crippen LogP contribution in [-0.2, 0) is 4.79 Å². The summed E-state index contributed by atoms with van der Waals surface area (Å²) >= 11 is 5.34. The van der Waals surface area contributed by atoms with Gasteiger partial charge in [0.15, 0.2) is 11.7 Å². The molecule has 0 bridgehead atoms. The molecule has 126 valence electrons. The van der Waals surface area contributed by atoms with Crippen molar-refractivity contribution in [3.05, 3.63) is 42.5 Å². The minimum atomic E-state index is -0.216. The third-order valence-electron chi connectivity index (χ3n) is 4.43. The van der Waals surface area contributed by atoms with Crippen molar-refractivity contribution < 1.29 is 9.53 Å². The molecule has 1 aliphatic heterocycles. The quantitative estimate of drug-likeness (QED) is 0.869. The Kier molecular flexibility index (Phi) is 5.30. The van der Waals surface area contributed by atoms with Crippen LogP contribution in [0.25, 0.3) is 10.8 Å². The molecule has 0 aliphatic carbocycles. The Balaban J connectivity index is 1.54. The predicted octanol–water partition coefficient (Wildman–Crippen LogP) is 3.35. The number of hydrogen-bond acceptors (Lipinski definition) is 3. The summed E-state index contributed by atoms with van der Waals surface area (Å²) in [6.07, 6.45) is 2.23. The summed E-state index contributed by atoms with van der Waals surface area (Å²) in [5, 5.41) is 5.38. The lowest BCUT2D eigenvalue weighted by Gasteiger charge is -2.32. The van der Waals surface area contributed by atoms with Gasteiger partial charge in [0.25, 0.3) is 5.91 Å². The van der Waals surface area contributed by atoms with Crippen molar-refractivity contribution >= 4 is 34.0 Å². The highest BCUT2D eigenvalue weighted by atomic mass is 32.1. The molecule has 1 N–H and O–H groups in total. The molecule has 2 aromatic rings. The SMILES string of the molecule is CC1CCN(C(=S)NC(=O)COc2cccc3ccccc23)CC1. The Bertz CT molecular complexity index is 734. The fourth-order valence-electron chi connectivity index (χ4n) is 2.91. The van der Waals surface area contributed by atoms with Crippen molar-refractivity contribution in [1.29, 1.82) is 0 Å². The molecule has 1 aliphatic rings. The summed E-state index contributed by atoms with van der Waals surface area (Å²) in [7, 11) is 0. The molecule has 4 nitrogen and oxygen atoms in total. The molecular weight excluding hydrogens is 320 g/mol. The van der Waals surface area contributed by atoms with Crippen molar-refractivity contribution in [2.24, 2.45) is 5.92 Å². The highest BCUT2D eigenvalue weighted by Gasteiger charge is 2.19. The smallest absolute Gasteiger partial charge is 0.264 e. The second-order valence-electron chi connectivity index (χ2n) is 6.29. The molecule has 3 rings (SSSR count). The molecule has 0 aromatic heterocycles. The number of nitrogens with one attached hydrogen (secondary N) is 1. The molecule has 2 aromatic carbocycles. The fraction of sp³-hybridized carbons (Fsp3) is 0.368. The Hall–Kier alpha value is -2.14. The monoisotopic (exact) mass is 342 g/mol. The molecule has 0 atom stereocenters. The minimum Gasteiger partial charge on any atom is -0.483 e. The summed E-state index contributed by atoms with van der Waals surface area (Å²) in [4.78, 5) is 14.2. The number of nitrogens with zero attached hydrogens (tertiary/aromatic N) is 1. The lowest BCUT2D eigenvalue weighted by atomic mass is 10.00. The number of carbonyl (C=O) groups is 1. The summed E-state index contributed by atoms with van der Waals surface area (Å²) in [5.74, 6) is 1.22. The summed E-state index contributed by atoms with van der Waals surface area (Å²) in [6.45, 7) is 4.02. The first kappa shape index (κ1) is 16.7. The Morgan fingerprint density at radius 3 is 2.71 bits per heavy atom. The van der Waals surface area contributed by atoms with Crippen LogP contribution in [0.1, 0.15) is 19.8 Å². The average Bonchev–Trinajstić information content (AvgIpc) is 2.60. The van der Waals surface area contributed by atoms with Crippen molar-refractivity contribution in [1.82, 2.24) is 10.2 Å². The summed E-state index contributed by atoms with van der Waals surface area (Å²) < 4.78 is 5.70. The van der Waals surface area contributed by atoms with Gasteiger partial charge in [-0.15, -0.1) is 0 Å². The van der Waals surface area contributed by atoms with Gasteiger partial charge in [-0.3, -0.25) is 4.79 Å². The first-order valence-electron chi connectivity index (χ1n) is 8.33. The maximum atomic E-state index is 12.1. The van der Waals surface area contributed by atoms with Gasteiger partial charge in [0.05, 0.1) is 0 Å². The van der Waals surface area contributed by atoms with Gasteiger partial charge in [-0.25, -0.2) is 0 Å². The van der Waals surface area contributed by atoms with E-state index < -0.39 is 0 Å². The van der Waals surface area contributed by atoms with E-state index in [-0.39, 0.29) is 12.5 Å². The zero-order valence-corrected chi connectivity index (χ0v) is 14.6. The number of thiocarbonyl (C=S) groups is 1. The first-order valence-corrected chi connectivity index (χ1v) is 8.73. The van der Waals surface area contributed by atoms with Crippen LogP contribution in [0.3, 0.4) is 0 Å². The molecular formula is C19H22N2O2S. The van der Waals surface area contributed by atoms with E-state index in [1.807, 2.05) is 42.5 Å². The number of benzene rings is 2. The van der Waals surface area contributed by atoms with Crippen LogP contribution in [0.5, 0.6) is 5.75 Å². The Morgan fingerprint density at radius 1 is 1.21 bits per heavy atom. The Morgan fingerprint density at radius 2 is 1.92 bits per heavy atom. The lowest BCUT2D eigenvalue weighted by molar-refractivity contribution is -0.121. The van der Waals surface area contributed by atoms with Crippen LogP contribution in [0.15, 0.2) is 42.5 Å². The summed E-state index contributed by atoms with van der Waals surface area (Å²) in [5.41, 5.74) is 0. The lowest BCUT2D eigenvalue weighted by Crippen LogP contribution is -2.47. The molecule has 1 heterocycles. The van der Waals surface area contributed by atoms with Gasteiger partial charge in [0.1, 0.15) is 5.75 Å². The van der Waals surface area contributed by atoms with Crippen molar-refractivity contribution in [2.75, 3.05) is 19.7 Å². The van der Waals surface area contributed by atoms with E-state index in [4.69, 9.17) is 17.0 Å². The fourth-order valence-corrected chi connectivity index (χ4v) is 3.21. The van der Waals surface area contributed by atoms with Crippen molar-refractivity contribution in [3.63, 3.8) is 0 Å². The number of likely N-dealkylation sites (tertiary alicyclic amines) is 1. The molecule has 0 radical (unpaired) electrons. The third-order valence-corrected chi connectivity index (χ3v) is 4.79. The zero-order valence-electron chi connectivity index (χ0n) is 13.8.